The first-order valence-electron chi connectivity index (χ1n) is 5.04. The fraction of sp³-hybridized carbons (Fsp3) is 0.333. The Labute approximate surface area is 99.4 Å². The zero-order chi connectivity index (χ0) is 11.5. The van der Waals surface area contributed by atoms with Crippen LogP contribution < -0.4 is 0 Å². The molecule has 82 valence electrons. The lowest BCUT2D eigenvalue weighted by Gasteiger charge is -2.16. The Morgan fingerprint density at radius 1 is 1.69 bits per heavy atom. The number of rotatable bonds is 2. The topological polar surface area (TPSA) is 33.2 Å². The van der Waals surface area contributed by atoms with Gasteiger partial charge in [-0.2, -0.15) is 0 Å². The van der Waals surface area contributed by atoms with E-state index in [-0.39, 0.29) is 11.8 Å². The van der Waals surface area contributed by atoms with E-state index >= 15 is 0 Å². The molecule has 1 unspecified atom stereocenters. The first-order chi connectivity index (χ1) is 7.70. The Morgan fingerprint density at radius 2 is 2.50 bits per heavy atom. The van der Waals surface area contributed by atoms with Gasteiger partial charge in [-0.15, -0.1) is 12.3 Å². The molecule has 1 aliphatic heterocycles. The van der Waals surface area contributed by atoms with Crippen LogP contribution in [0.1, 0.15) is 12.0 Å². The molecule has 0 spiro atoms. The first-order valence-corrected chi connectivity index (χ1v) is 5.42. The molecule has 0 radical (unpaired) electrons. The zero-order valence-corrected chi connectivity index (χ0v) is 9.44. The molecule has 1 aromatic rings. The number of likely N-dealkylation sites (tertiary alicyclic amines) is 1. The number of aromatic nitrogens is 1. The van der Waals surface area contributed by atoms with Crippen molar-refractivity contribution < 1.29 is 4.79 Å². The van der Waals surface area contributed by atoms with Crippen LogP contribution in [0, 0.1) is 18.3 Å². The van der Waals surface area contributed by atoms with Gasteiger partial charge in [-0.1, -0.05) is 17.7 Å². The Hall–Kier alpha value is -1.53. The van der Waals surface area contributed by atoms with Crippen molar-refractivity contribution in [3.05, 3.63) is 29.0 Å². The van der Waals surface area contributed by atoms with Crippen LogP contribution in [0.15, 0.2) is 18.3 Å². The smallest absolute Gasteiger partial charge is 0.224 e. The minimum Gasteiger partial charge on any atom is -0.337 e. The number of pyridine rings is 1. The molecule has 4 heteroatoms. The van der Waals surface area contributed by atoms with Crippen LogP contribution in [0.5, 0.6) is 0 Å². The standard InChI is InChI=1S/C12H11ClN2O/c1-2-9-6-11(16)15(7-9)8-10-4-3-5-14-12(10)13/h1,3-5,9H,6-8H2. The van der Waals surface area contributed by atoms with Gasteiger partial charge in [0.05, 0.1) is 0 Å². The average Bonchev–Trinajstić information content (AvgIpc) is 2.63. The molecule has 2 heterocycles. The Balaban J connectivity index is 2.09. The number of halogens is 1. The fourth-order valence-corrected chi connectivity index (χ4v) is 1.96. The summed E-state index contributed by atoms with van der Waals surface area (Å²) in [6.45, 7) is 1.10. The number of terminal acetylenes is 1. The van der Waals surface area contributed by atoms with Crippen molar-refractivity contribution >= 4 is 17.5 Å². The van der Waals surface area contributed by atoms with Crippen molar-refractivity contribution in [2.24, 2.45) is 5.92 Å². The first kappa shape index (κ1) is 11.0. The second kappa shape index (κ2) is 4.54. The molecule has 0 aliphatic carbocycles. The van der Waals surface area contributed by atoms with Crippen molar-refractivity contribution in [3.8, 4) is 12.3 Å². The van der Waals surface area contributed by atoms with E-state index in [0.29, 0.717) is 24.7 Å². The van der Waals surface area contributed by atoms with E-state index in [4.69, 9.17) is 18.0 Å². The molecule has 1 amide bonds. The van der Waals surface area contributed by atoms with Crippen LogP contribution in [0.2, 0.25) is 5.15 Å². The van der Waals surface area contributed by atoms with E-state index in [0.717, 1.165) is 5.56 Å². The van der Waals surface area contributed by atoms with E-state index in [9.17, 15) is 4.79 Å². The maximum Gasteiger partial charge on any atom is 0.224 e. The SMILES string of the molecule is C#CC1CC(=O)N(Cc2cccnc2Cl)C1. The third-order valence-electron chi connectivity index (χ3n) is 2.65. The second-order valence-corrected chi connectivity index (χ2v) is 4.15. The number of carbonyl (C=O) groups excluding carboxylic acids is 1. The van der Waals surface area contributed by atoms with E-state index in [2.05, 4.69) is 10.9 Å². The van der Waals surface area contributed by atoms with Crippen molar-refractivity contribution in [1.29, 1.82) is 0 Å². The summed E-state index contributed by atoms with van der Waals surface area (Å²) in [5.74, 6) is 2.73. The van der Waals surface area contributed by atoms with E-state index in [1.54, 1.807) is 17.2 Å². The van der Waals surface area contributed by atoms with Gasteiger partial charge in [-0.25, -0.2) is 4.98 Å². The van der Waals surface area contributed by atoms with Gasteiger partial charge in [0.1, 0.15) is 5.15 Å². The fourth-order valence-electron chi connectivity index (χ4n) is 1.78. The van der Waals surface area contributed by atoms with Crippen molar-refractivity contribution in [3.63, 3.8) is 0 Å². The molecular formula is C12H11ClN2O. The number of carbonyl (C=O) groups is 1. The Bertz CT molecular complexity index is 453. The summed E-state index contributed by atoms with van der Waals surface area (Å²) < 4.78 is 0. The van der Waals surface area contributed by atoms with E-state index in [1.807, 2.05) is 6.07 Å². The Morgan fingerprint density at radius 3 is 3.12 bits per heavy atom. The average molecular weight is 235 g/mol. The molecule has 0 N–H and O–H groups in total. The number of hydrogen-bond acceptors (Lipinski definition) is 2. The van der Waals surface area contributed by atoms with Gasteiger partial charge >= 0.3 is 0 Å². The lowest BCUT2D eigenvalue weighted by atomic mass is 10.1. The summed E-state index contributed by atoms with van der Waals surface area (Å²) in [7, 11) is 0. The van der Waals surface area contributed by atoms with Crippen molar-refractivity contribution in [2.75, 3.05) is 6.54 Å². The molecule has 3 nitrogen and oxygen atoms in total. The largest absolute Gasteiger partial charge is 0.337 e. The van der Waals surface area contributed by atoms with Gasteiger partial charge in [0.25, 0.3) is 0 Å². The second-order valence-electron chi connectivity index (χ2n) is 3.80. The van der Waals surface area contributed by atoms with Gasteiger partial charge < -0.3 is 4.90 Å². The van der Waals surface area contributed by atoms with Crippen molar-refractivity contribution in [2.45, 2.75) is 13.0 Å². The zero-order valence-electron chi connectivity index (χ0n) is 8.69. The quantitative estimate of drug-likeness (QED) is 0.577. The molecular weight excluding hydrogens is 224 g/mol. The highest BCUT2D eigenvalue weighted by molar-refractivity contribution is 6.30. The normalized spacial score (nSPS) is 19.9. The number of hydrogen-bond donors (Lipinski definition) is 0. The van der Waals surface area contributed by atoms with E-state index < -0.39 is 0 Å². The van der Waals surface area contributed by atoms with Crippen molar-refractivity contribution in [1.82, 2.24) is 9.88 Å². The van der Waals surface area contributed by atoms with Gasteiger partial charge in [0.15, 0.2) is 0 Å². The third-order valence-corrected chi connectivity index (χ3v) is 2.99. The summed E-state index contributed by atoms with van der Waals surface area (Å²) in [5, 5.41) is 0.444. The molecule has 0 aromatic carbocycles. The molecule has 0 bridgehead atoms. The lowest BCUT2D eigenvalue weighted by molar-refractivity contribution is -0.128. The van der Waals surface area contributed by atoms with Gasteiger partial charge in [-0.3, -0.25) is 4.79 Å². The minimum absolute atomic E-state index is 0.0305. The molecule has 2 rings (SSSR count). The molecule has 1 fully saturated rings. The van der Waals surface area contributed by atoms with Crippen LogP contribution in [0.4, 0.5) is 0 Å². The third kappa shape index (κ3) is 2.17. The van der Waals surface area contributed by atoms with Gasteiger partial charge in [0.2, 0.25) is 5.91 Å². The van der Waals surface area contributed by atoms with Crippen LogP contribution >= 0.6 is 11.6 Å². The molecule has 1 atom stereocenters. The van der Waals surface area contributed by atoms with Crippen LogP contribution in [0.25, 0.3) is 0 Å². The maximum atomic E-state index is 11.6. The van der Waals surface area contributed by atoms with Crippen LogP contribution in [-0.2, 0) is 11.3 Å². The maximum absolute atomic E-state index is 11.6. The minimum atomic E-state index is 0.0305. The number of amides is 1. The highest BCUT2D eigenvalue weighted by Crippen LogP contribution is 2.21. The van der Waals surface area contributed by atoms with Crippen LogP contribution in [-0.4, -0.2) is 22.3 Å². The predicted octanol–water partition coefficient (Wildman–Crippen LogP) is 1.72. The highest BCUT2D eigenvalue weighted by Gasteiger charge is 2.28. The summed E-state index contributed by atoms with van der Waals surface area (Å²) in [4.78, 5) is 17.3. The van der Waals surface area contributed by atoms with Crippen LogP contribution in [0.3, 0.4) is 0 Å². The number of nitrogens with zero attached hydrogens (tertiary/aromatic N) is 2. The Kier molecular flexibility index (Phi) is 3.12. The summed E-state index contributed by atoms with van der Waals surface area (Å²) in [6, 6.07) is 3.67. The molecule has 0 saturated carbocycles. The predicted molar refractivity (Wildman–Crippen MR) is 61.6 cm³/mol. The summed E-state index contributed by atoms with van der Waals surface area (Å²) in [5.41, 5.74) is 0.857. The summed E-state index contributed by atoms with van der Waals surface area (Å²) in [6.07, 6.45) is 7.38. The molecule has 1 aromatic heterocycles. The van der Waals surface area contributed by atoms with Gasteiger partial charge in [-0.05, 0) is 6.07 Å². The molecule has 1 aliphatic rings. The molecule has 1 saturated heterocycles. The highest BCUT2D eigenvalue weighted by atomic mass is 35.5. The summed E-state index contributed by atoms with van der Waals surface area (Å²) >= 11 is 5.93. The monoisotopic (exact) mass is 234 g/mol. The molecule has 16 heavy (non-hydrogen) atoms. The lowest BCUT2D eigenvalue weighted by Crippen LogP contribution is -2.24. The van der Waals surface area contributed by atoms with E-state index in [1.165, 1.54) is 0 Å². The van der Waals surface area contributed by atoms with Gasteiger partial charge in [0, 0.05) is 37.2 Å².